The molecule has 2 unspecified atom stereocenters. The van der Waals surface area contributed by atoms with Crippen LogP contribution in [-0.2, 0) is 25.7 Å². The van der Waals surface area contributed by atoms with Gasteiger partial charge in [-0.3, -0.25) is 4.90 Å². The van der Waals surface area contributed by atoms with E-state index >= 15 is 0 Å². The number of alkyl halides is 1. The summed E-state index contributed by atoms with van der Waals surface area (Å²) in [6.45, 7) is 3.76. The Hall–Kier alpha value is -1.91. The molecule has 7 rings (SSSR count). The molecule has 1 N–H and O–H groups in total. The third kappa shape index (κ3) is 6.57. The lowest BCUT2D eigenvalue weighted by molar-refractivity contribution is -0.617. The Labute approximate surface area is 283 Å². The highest BCUT2D eigenvalue weighted by molar-refractivity contribution is 9.10. The number of hydrogen-bond acceptors (Lipinski definition) is 4. The topological polar surface area (TPSA) is 69.2 Å². The lowest BCUT2D eigenvalue weighted by Gasteiger charge is -2.34. The minimum absolute atomic E-state index is 0.0116. The Morgan fingerprint density at radius 3 is 1.79 bits per heavy atom. The number of piperazine rings is 1. The summed E-state index contributed by atoms with van der Waals surface area (Å²) >= 11 is 25.6. The summed E-state index contributed by atoms with van der Waals surface area (Å²) in [7, 11) is 0. The first-order chi connectivity index (χ1) is 20.7. The number of rotatable bonds is 1. The molecule has 43 heavy (non-hydrogen) atoms. The molecule has 0 spiro atoms. The van der Waals surface area contributed by atoms with Crippen LogP contribution in [0.1, 0.15) is 56.2 Å². The van der Waals surface area contributed by atoms with Crippen molar-refractivity contribution in [1.82, 2.24) is 10.2 Å². The molecule has 1 aliphatic heterocycles. The number of benzene rings is 2. The SMILES string of the molecule is [O-][n+]1cc(Br)cc2c1C(Cl)c1ccc(Cl)cc1CC2.[O-][n+]1cc(Br)cc2c1C(N1CCNCC1)c1ccc(Cl)cc1CC2. The van der Waals surface area contributed by atoms with E-state index in [9.17, 15) is 10.4 Å². The van der Waals surface area contributed by atoms with Crippen LogP contribution in [0.25, 0.3) is 0 Å². The minimum Gasteiger partial charge on any atom is -0.618 e. The normalized spacial score (nSPS) is 19.5. The zero-order valence-corrected chi connectivity index (χ0v) is 28.6. The highest BCUT2D eigenvalue weighted by Gasteiger charge is 2.36. The second-order valence-electron chi connectivity index (χ2n) is 11.0. The molecule has 2 atom stereocenters. The van der Waals surface area contributed by atoms with Crippen molar-refractivity contribution >= 4 is 66.7 Å². The number of fused-ring (bicyclic) bond motifs is 4. The van der Waals surface area contributed by atoms with Crippen molar-refractivity contribution in [3.8, 4) is 0 Å². The van der Waals surface area contributed by atoms with Gasteiger partial charge in [-0.1, -0.05) is 35.3 Å². The molecule has 4 aromatic rings. The highest BCUT2D eigenvalue weighted by atomic mass is 79.9. The molecule has 2 aliphatic carbocycles. The zero-order valence-electron chi connectivity index (χ0n) is 23.1. The first-order valence-corrected chi connectivity index (χ1v) is 17.0. The molecule has 3 aliphatic rings. The van der Waals surface area contributed by atoms with Gasteiger partial charge in [0.25, 0.3) is 0 Å². The molecular formula is C32H29Br2Cl3N4O2. The van der Waals surface area contributed by atoms with Gasteiger partial charge in [0, 0.05) is 47.4 Å². The van der Waals surface area contributed by atoms with E-state index in [4.69, 9.17) is 34.8 Å². The van der Waals surface area contributed by atoms with Gasteiger partial charge in [-0.2, -0.15) is 9.46 Å². The molecule has 0 amide bonds. The molecule has 3 heterocycles. The Kier molecular flexibility index (Phi) is 9.55. The van der Waals surface area contributed by atoms with Gasteiger partial charge < -0.3 is 15.7 Å². The Morgan fingerprint density at radius 1 is 0.698 bits per heavy atom. The van der Waals surface area contributed by atoms with Crippen LogP contribution in [-0.4, -0.2) is 31.1 Å². The van der Waals surface area contributed by atoms with Gasteiger partial charge in [0.15, 0.2) is 12.4 Å². The van der Waals surface area contributed by atoms with E-state index in [0.29, 0.717) is 10.7 Å². The van der Waals surface area contributed by atoms with Gasteiger partial charge in [-0.05, 0) is 116 Å². The standard InChI is InChI=1S/C18H19BrClN3O.C14H10BrCl2NO/c19-14-9-13-2-1-12-10-15(20)3-4-16(12)18(17(13)23(24)11-14)22-7-5-21-6-8-22;15-10-5-9-2-1-8-6-11(16)3-4-12(8)13(17)14(9)18(19)7-10/h3-4,9-11,18,21H,1-2,5-8H2;3-7,13H,1-2H2. The van der Waals surface area contributed by atoms with Crippen molar-refractivity contribution in [2.75, 3.05) is 26.2 Å². The quantitative estimate of drug-likeness (QED) is 0.129. The Balaban J connectivity index is 0.000000157. The molecule has 0 radical (unpaired) electrons. The molecule has 6 nitrogen and oxygen atoms in total. The van der Waals surface area contributed by atoms with Crippen molar-refractivity contribution in [3.05, 3.63) is 135 Å². The van der Waals surface area contributed by atoms with Gasteiger partial charge >= 0.3 is 0 Å². The van der Waals surface area contributed by atoms with Crippen LogP contribution in [0, 0.1) is 10.4 Å². The number of nitrogens with zero attached hydrogens (tertiary/aromatic N) is 3. The van der Waals surface area contributed by atoms with Crippen LogP contribution >= 0.6 is 66.7 Å². The Morgan fingerprint density at radius 2 is 1.19 bits per heavy atom. The number of nitrogens with one attached hydrogen (secondary N) is 1. The fraction of sp³-hybridized carbons (Fsp3) is 0.312. The fourth-order valence-electron chi connectivity index (χ4n) is 6.41. The van der Waals surface area contributed by atoms with Crippen LogP contribution in [0.4, 0.5) is 0 Å². The third-order valence-electron chi connectivity index (χ3n) is 8.36. The molecule has 11 heteroatoms. The lowest BCUT2D eigenvalue weighted by Crippen LogP contribution is -2.48. The van der Waals surface area contributed by atoms with Gasteiger partial charge in [0.05, 0.1) is 8.95 Å². The van der Waals surface area contributed by atoms with Gasteiger partial charge in [0.1, 0.15) is 11.4 Å². The molecule has 1 saturated heterocycles. The predicted molar refractivity (Wildman–Crippen MR) is 178 cm³/mol. The molecule has 0 saturated carbocycles. The number of pyridine rings is 2. The second kappa shape index (κ2) is 13.2. The van der Waals surface area contributed by atoms with E-state index in [1.807, 2.05) is 30.3 Å². The van der Waals surface area contributed by atoms with Crippen molar-refractivity contribution < 1.29 is 9.46 Å². The molecular weight excluding hydrogens is 739 g/mol. The Bertz CT molecular complexity index is 1680. The summed E-state index contributed by atoms with van der Waals surface area (Å²) in [5.41, 5.74) is 8.13. The molecule has 0 bridgehead atoms. The summed E-state index contributed by atoms with van der Waals surface area (Å²) in [6, 6.07) is 15.8. The van der Waals surface area contributed by atoms with Gasteiger partial charge in [-0.15, -0.1) is 11.6 Å². The number of aryl methyl sites for hydroxylation is 4. The zero-order chi connectivity index (χ0) is 30.2. The van der Waals surface area contributed by atoms with E-state index < -0.39 is 5.38 Å². The molecule has 2 aromatic heterocycles. The first kappa shape index (κ1) is 31.1. The van der Waals surface area contributed by atoms with Crippen LogP contribution in [0.3, 0.4) is 0 Å². The molecule has 2 aromatic carbocycles. The lowest BCUT2D eigenvalue weighted by atomic mass is 9.96. The van der Waals surface area contributed by atoms with Crippen LogP contribution < -0.4 is 14.8 Å². The number of hydrogen-bond donors (Lipinski definition) is 1. The maximum absolute atomic E-state index is 12.8. The largest absolute Gasteiger partial charge is 0.618 e. The fourth-order valence-corrected chi connectivity index (χ4v) is 8.17. The minimum atomic E-state index is -0.435. The van der Waals surface area contributed by atoms with Crippen LogP contribution in [0.5, 0.6) is 0 Å². The third-order valence-corrected chi connectivity index (χ3v) is 10.1. The van der Waals surface area contributed by atoms with Crippen molar-refractivity contribution in [3.63, 3.8) is 0 Å². The van der Waals surface area contributed by atoms with E-state index in [2.05, 4.69) is 60.3 Å². The van der Waals surface area contributed by atoms with Crippen molar-refractivity contribution in [1.29, 1.82) is 0 Å². The summed E-state index contributed by atoms with van der Waals surface area (Å²) in [4.78, 5) is 2.41. The maximum atomic E-state index is 12.8. The summed E-state index contributed by atoms with van der Waals surface area (Å²) in [6.07, 6.45) is 6.50. The number of aromatic nitrogens is 2. The average molecular weight is 768 g/mol. The van der Waals surface area contributed by atoms with Crippen molar-refractivity contribution in [2.24, 2.45) is 0 Å². The van der Waals surface area contributed by atoms with Crippen LogP contribution in [0.15, 0.2) is 69.9 Å². The molecule has 224 valence electrons. The van der Waals surface area contributed by atoms with Crippen LogP contribution in [0.2, 0.25) is 10.0 Å². The monoisotopic (exact) mass is 764 g/mol. The average Bonchev–Trinajstić information content (AvgIpc) is 3.21. The van der Waals surface area contributed by atoms with Crippen molar-refractivity contribution in [2.45, 2.75) is 37.1 Å². The second-order valence-corrected chi connectivity index (χ2v) is 14.2. The van der Waals surface area contributed by atoms with E-state index in [1.165, 1.54) is 17.3 Å². The van der Waals surface area contributed by atoms with E-state index in [0.717, 1.165) is 103 Å². The predicted octanol–water partition coefficient (Wildman–Crippen LogP) is 6.99. The smallest absolute Gasteiger partial charge is 0.218 e. The summed E-state index contributed by atoms with van der Waals surface area (Å²) in [5.74, 6) is 0. The summed E-state index contributed by atoms with van der Waals surface area (Å²) < 4.78 is 3.52. The number of halogens is 5. The highest BCUT2D eigenvalue weighted by Crippen LogP contribution is 2.38. The maximum Gasteiger partial charge on any atom is 0.218 e. The summed E-state index contributed by atoms with van der Waals surface area (Å²) in [5, 5.41) is 29.3. The first-order valence-electron chi connectivity index (χ1n) is 14.2. The van der Waals surface area contributed by atoms with E-state index in [-0.39, 0.29) is 6.04 Å². The van der Waals surface area contributed by atoms with Gasteiger partial charge in [0.2, 0.25) is 11.4 Å². The molecule has 1 fully saturated rings. The van der Waals surface area contributed by atoms with Gasteiger partial charge in [-0.25, -0.2) is 0 Å². The van der Waals surface area contributed by atoms with E-state index in [1.54, 1.807) is 6.20 Å².